The molecule has 0 bridgehead atoms. The molecular weight excluding hydrogens is 141 g/mol. The van der Waals surface area contributed by atoms with Gasteiger partial charge in [-0.3, -0.25) is 4.39 Å². The fourth-order valence-corrected chi connectivity index (χ4v) is 1.25. The standard InChI is InChI=1S/C6H12FN.ClH/c7-4-5-1-2-6(8)3-5;/h5-6H,1-4,8H2;1H/t5-,6+;/m1./s1. The Morgan fingerprint density at radius 1 is 1.44 bits per heavy atom. The molecule has 2 atom stereocenters. The fourth-order valence-electron chi connectivity index (χ4n) is 1.25. The first-order chi connectivity index (χ1) is 3.83. The first kappa shape index (κ1) is 9.18. The molecule has 1 fully saturated rings. The second-order valence-electron chi connectivity index (χ2n) is 2.59. The van der Waals surface area contributed by atoms with Crippen molar-refractivity contribution in [2.75, 3.05) is 6.67 Å². The fraction of sp³-hybridized carbons (Fsp3) is 1.00. The maximum absolute atomic E-state index is 11.8. The summed E-state index contributed by atoms with van der Waals surface area (Å²) in [5.74, 6) is 0.282. The minimum atomic E-state index is -0.173. The van der Waals surface area contributed by atoms with Crippen LogP contribution in [0.4, 0.5) is 4.39 Å². The second kappa shape index (κ2) is 4.07. The van der Waals surface area contributed by atoms with Crippen LogP contribution in [0.3, 0.4) is 0 Å². The minimum absolute atomic E-state index is 0. The molecule has 1 aliphatic carbocycles. The number of halogens is 2. The Morgan fingerprint density at radius 3 is 2.33 bits per heavy atom. The highest BCUT2D eigenvalue weighted by atomic mass is 35.5. The van der Waals surface area contributed by atoms with E-state index in [0.717, 1.165) is 19.3 Å². The summed E-state index contributed by atoms with van der Waals surface area (Å²) >= 11 is 0. The van der Waals surface area contributed by atoms with E-state index in [1.807, 2.05) is 0 Å². The van der Waals surface area contributed by atoms with Crippen LogP contribution in [0.25, 0.3) is 0 Å². The van der Waals surface area contributed by atoms with Crippen LogP contribution < -0.4 is 5.73 Å². The van der Waals surface area contributed by atoms with Crippen LogP contribution in [-0.4, -0.2) is 12.7 Å². The van der Waals surface area contributed by atoms with Gasteiger partial charge in [-0.2, -0.15) is 0 Å². The smallest absolute Gasteiger partial charge is 0.0923 e. The molecule has 0 aromatic heterocycles. The summed E-state index contributed by atoms with van der Waals surface area (Å²) in [5, 5.41) is 0. The number of nitrogens with two attached hydrogens (primary N) is 1. The Kier molecular flexibility index (Phi) is 4.15. The Hall–Kier alpha value is 0.180. The molecule has 0 unspecified atom stereocenters. The van der Waals surface area contributed by atoms with Gasteiger partial charge in [0.1, 0.15) is 0 Å². The zero-order valence-electron chi connectivity index (χ0n) is 5.35. The Balaban J connectivity index is 0.000000640. The lowest BCUT2D eigenvalue weighted by Gasteiger charge is -1.99. The van der Waals surface area contributed by atoms with Crippen molar-refractivity contribution in [3.8, 4) is 0 Å². The van der Waals surface area contributed by atoms with E-state index in [-0.39, 0.29) is 31.0 Å². The first-order valence-electron chi connectivity index (χ1n) is 3.14. The monoisotopic (exact) mass is 153 g/mol. The topological polar surface area (TPSA) is 26.0 Å². The molecule has 56 valence electrons. The maximum atomic E-state index is 11.8. The number of hydrogen-bond acceptors (Lipinski definition) is 1. The average molecular weight is 154 g/mol. The molecule has 0 spiro atoms. The van der Waals surface area contributed by atoms with Gasteiger partial charge in [0.2, 0.25) is 0 Å². The molecule has 1 nitrogen and oxygen atoms in total. The summed E-state index contributed by atoms with van der Waals surface area (Å²) in [6.07, 6.45) is 2.92. The third kappa shape index (κ3) is 2.50. The molecule has 0 amide bonds. The van der Waals surface area contributed by atoms with Crippen LogP contribution in [-0.2, 0) is 0 Å². The third-order valence-electron chi connectivity index (χ3n) is 1.80. The van der Waals surface area contributed by atoms with Gasteiger partial charge in [-0.15, -0.1) is 12.4 Å². The zero-order chi connectivity index (χ0) is 5.98. The van der Waals surface area contributed by atoms with E-state index in [2.05, 4.69) is 0 Å². The highest BCUT2D eigenvalue weighted by Crippen LogP contribution is 2.23. The molecule has 0 aromatic rings. The SMILES string of the molecule is Cl.N[C@H]1CC[C@@H](CF)C1. The molecule has 9 heavy (non-hydrogen) atoms. The van der Waals surface area contributed by atoms with Crippen molar-refractivity contribution < 1.29 is 4.39 Å². The quantitative estimate of drug-likeness (QED) is 0.607. The molecular formula is C6H13ClFN. The Morgan fingerprint density at radius 2 is 2.11 bits per heavy atom. The predicted molar refractivity (Wildman–Crippen MR) is 38.5 cm³/mol. The van der Waals surface area contributed by atoms with Crippen molar-refractivity contribution in [1.29, 1.82) is 0 Å². The summed E-state index contributed by atoms with van der Waals surface area (Å²) < 4.78 is 11.8. The Bertz CT molecular complexity index is 79.5. The van der Waals surface area contributed by atoms with Gasteiger partial charge in [0.15, 0.2) is 0 Å². The molecule has 3 heteroatoms. The van der Waals surface area contributed by atoms with E-state index < -0.39 is 0 Å². The van der Waals surface area contributed by atoms with Gasteiger partial charge in [-0.05, 0) is 25.2 Å². The van der Waals surface area contributed by atoms with Gasteiger partial charge in [0.05, 0.1) is 6.67 Å². The van der Waals surface area contributed by atoms with E-state index in [9.17, 15) is 4.39 Å². The van der Waals surface area contributed by atoms with Crippen LogP contribution in [0.5, 0.6) is 0 Å². The summed E-state index contributed by atoms with van der Waals surface area (Å²) in [6.45, 7) is -0.173. The van der Waals surface area contributed by atoms with Crippen LogP contribution >= 0.6 is 12.4 Å². The number of rotatable bonds is 1. The van der Waals surface area contributed by atoms with Crippen molar-refractivity contribution in [3.63, 3.8) is 0 Å². The van der Waals surface area contributed by atoms with E-state index >= 15 is 0 Å². The summed E-state index contributed by atoms with van der Waals surface area (Å²) in [7, 11) is 0. The van der Waals surface area contributed by atoms with Crippen LogP contribution in [0.15, 0.2) is 0 Å². The lowest BCUT2D eigenvalue weighted by Crippen LogP contribution is -2.14. The van der Waals surface area contributed by atoms with Crippen molar-refractivity contribution in [2.45, 2.75) is 25.3 Å². The molecule has 1 aliphatic rings. The lowest BCUT2D eigenvalue weighted by molar-refractivity contribution is 0.365. The maximum Gasteiger partial charge on any atom is 0.0923 e. The highest BCUT2D eigenvalue weighted by molar-refractivity contribution is 5.85. The molecule has 0 aromatic carbocycles. The Labute approximate surface area is 61.2 Å². The summed E-state index contributed by atoms with van der Waals surface area (Å²) in [4.78, 5) is 0. The van der Waals surface area contributed by atoms with Crippen molar-refractivity contribution in [3.05, 3.63) is 0 Å². The normalized spacial score (nSPS) is 34.0. The van der Waals surface area contributed by atoms with E-state index in [4.69, 9.17) is 5.73 Å². The number of hydrogen-bond donors (Lipinski definition) is 1. The molecule has 2 N–H and O–H groups in total. The van der Waals surface area contributed by atoms with E-state index in [1.54, 1.807) is 0 Å². The highest BCUT2D eigenvalue weighted by Gasteiger charge is 2.20. The van der Waals surface area contributed by atoms with Crippen LogP contribution in [0, 0.1) is 5.92 Å². The summed E-state index contributed by atoms with van der Waals surface area (Å²) in [5.41, 5.74) is 5.53. The van der Waals surface area contributed by atoms with Crippen LogP contribution in [0.2, 0.25) is 0 Å². The van der Waals surface area contributed by atoms with Crippen molar-refractivity contribution >= 4 is 12.4 Å². The molecule has 1 rings (SSSR count). The molecule has 0 heterocycles. The molecule has 0 radical (unpaired) electrons. The van der Waals surface area contributed by atoms with Crippen molar-refractivity contribution in [2.24, 2.45) is 11.7 Å². The van der Waals surface area contributed by atoms with Gasteiger partial charge in [0.25, 0.3) is 0 Å². The molecule has 0 aliphatic heterocycles. The number of alkyl halides is 1. The first-order valence-corrected chi connectivity index (χ1v) is 3.14. The minimum Gasteiger partial charge on any atom is -0.328 e. The second-order valence-corrected chi connectivity index (χ2v) is 2.59. The van der Waals surface area contributed by atoms with Gasteiger partial charge in [-0.1, -0.05) is 0 Å². The lowest BCUT2D eigenvalue weighted by atomic mass is 10.1. The van der Waals surface area contributed by atoms with Crippen LogP contribution in [0.1, 0.15) is 19.3 Å². The van der Waals surface area contributed by atoms with Gasteiger partial charge in [-0.25, -0.2) is 0 Å². The molecule has 0 saturated heterocycles. The average Bonchev–Trinajstić information content (AvgIpc) is 2.14. The van der Waals surface area contributed by atoms with E-state index in [0.29, 0.717) is 0 Å². The summed E-state index contributed by atoms with van der Waals surface area (Å²) in [6, 6.07) is 0.288. The molecule has 1 saturated carbocycles. The third-order valence-corrected chi connectivity index (χ3v) is 1.80. The zero-order valence-corrected chi connectivity index (χ0v) is 6.16. The largest absolute Gasteiger partial charge is 0.328 e. The van der Waals surface area contributed by atoms with Gasteiger partial charge in [0, 0.05) is 6.04 Å². The van der Waals surface area contributed by atoms with Gasteiger partial charge >= 0.3 is 0 Å². The predicted octanol–water partition coefficient (Wildman–Crippen LogP) is 1.51. The van der Waals surface area contributed by atoms with E-state index in [1.165, 1.54) is 0 Å². The van der Waals surface area contributed by atoms with Gasteiger partial charge < -0.3 is 5.73 Å². The van der Waals surface area contributed by atoms with Crippen molar-refractivity contribution in [1.82, 2.24) is 0 Å².